The van der Waals surface area contributed by atoms with Crippen LogP contribution in [-0.2, 0) is 4.74 Å². The Hall–Kier alpha value is -1.46. The molecule has 19 heavy (non-hydrogen) atoms. The van der Waals surface area contributed by atoms with E-state index in [1.54, 1.807) is 39.0 Å². The number of hydrogen-bond donors (Lipinski definition) is 3. The summed E-state index contributed by atoms with van der Waals surface area (Å²) >= 11 is 5.79. The van der Waals surface area contributed by atoms with Crippen molar-refractivity contribution in [3.8, 4) is 5.75 Å². The molecule has 1 rings (SSSR count). The average molecular weight is 287 g/mol. The summed E-state index contributed by atoms with van der Waals surface area (Å²) in [7, 11) is 0. The molecule has 1 unspecified atom stereocenters. The summed E-state index contributed by atoms with van der Waals surface area (Å²) in [6.45, 7) is 5.46. The van der Waals surface area contributed by atoms with E-state index in [9.17, 15) is 9.90 Å². The molecule has 0 bridgehead atoms. The number of phenols is 1. The highest BCUT2D eigenvalue weighted by molar-refractivity contribution is 6.32. The molecule has 0 saturated heterocycles. The highest BCUT2D eigenvalue weighted by Crippen LogP contribution is 2.30. The fraction of sp³-hybridized carbons (Fsp3) is 0.462. The van der Waals surface area contributed by atoms with Gasteiger partial charge in [0.25, 0.3) is 0 Å². The lowest BCUT2D eigenvalue weighted by molar-refractivity contribution is 0.0524. The van der Waals surface area contributed by atoms with E-state index in [1.807, 2.05) is 0 Å². The van der Waals surface area contributed by atoms with Crippen LogP contribution in [0.25, 0.3) is 0 Å². The van der Waals surface area contributed by atoms with Gasteiger partial charge in [-0.1, -0.05) is 23.7 Å². The van der Waals surface area contributed by atoms with Crippen LogP contribution in [0.4, 0.5) is 4.79 Å². The van der Waals surface area contributed by atoms with Crippen molar-refractivity contribution in [1.29, 1.82) is 0 Å². The van der Waals surface area contributed by atoms with Gasteiger partial charge in [0.05, 0.1) is 11.1 Å². The first-order valence-corrected chi connectivity index (χ1v) is 6.28. The number of nitrogens with one attached hydrogen (secondary N) is 1. The van der Waals surface area contributed by atoms with Gasteiger partial charge in [0, 0.05) is 12.1 Å². The number of carbonyl (C=O) groups is 1. The van der Waals surface area contributed by atoms with Crippen molar-refractivity contribution in [2.45, 2.75) is 32.4 Å². The summed E-state index contributed by atoms with van der Waals surface area (Å²) in [6, 6.07) is 4.34. The van der Waals surface area contributed by atoms with E-state index in [1.165, 1.54) is 0 Å². The smallest absolute Gasteiger partial charge is 0.407 e. The predicted octanol–water partition coefficient (Wildman–Crippen LogP) is 2.57. The summed E-state index contributed by atoms with van der Waals surface area (Å²) < 4.78 is 5.08. The molecule has 1 amide bonds. The van der Waals surface area contributed by atoms with Gasteiger partial charge in [-0.15, -0.1) is 0 Å². The van der Waals surface area contributed by atoms with E-state index < -0.39 is 17.7 Å². The third kappa shape index (κ3) is 4.96. The van der Waals surface area contributed by atoms with Crippen LogP contribution in [0.3, 0.4) is 0 Å². The fourth-order valence-corrected chi connectivity index (χ4v) is 1.63. The molecule has 0 aliphatic heterocycles. The zero-order valence-electron chi connectivity index (χ0n) is 11.2. The number of ether oxygens (including phenoxy) is 1. The van der Waals surface area contributed by atoms with Crippen LogP contribution in [0.2, 0.25) is 5.02 Å². The van der Waals surface area contributed by atoms with Crippen molar-refractivity contribution in [1.82, 2.24) is 5.32 Å². The van der Waals surface area contributed by atoms with Gasteiger partial charge in [-0.25, -0.2) is 4.79 Å². The number of aromatic hydroxyl groups is 1. The van der Waals surface area contributed by atoms with E-state index >= 15 is 0 Å². The summed E-state index contributed by atoms with van der Waals surface area (Å²) in [5, 5.41) is 12.5. The van der Waals surface area contributed by atoms with Crippen LogP contribution in [0.1, 0.15) is 32.4 Å². The predicted molar refractivity (Wildman–Crippen MR) is 74.3 cm³/mol. The van der Waals surface area contributed by atoms with Crippen LogP contribution in [0.15, 0.2) is 18.2 Å². The molecule has 0 aromatic heterocycles. The number of phenolic OH excluding ortho intramolecular Hbond substituents is 1. The minimum Gasteiger partial charge on any atom is -0.506 e. The average Bonchev–Trinajstić information content (AvgIpc) is 2.27. The van der Waals surface area contributed by atoms with Crippen LogP contribution in [-0.4, -0.2) is 23.3 Å². The fourth-order valence-electron chi connectivity index (χ4n) is 1.45. The zero-order valence-corrected chi connectivity index (χ0v) is 12.0. The maximum atomic E-state index is 11.5. The summed E-state index contributed by atoms with van der Waals surface area (Å²) in [5.74, 6) is -0.0670. The molecule has 0 aliphatic rings. The third-order valence-corrected chi connectivity index (χ3v) is 2.59. The minimum atomic E-state index is -0.564. The van der Waals surface area contributed by atoms with Gasteiger partial charge in [0.2, 0.25) is 0 Å². The molecule has 0 aliphatic carbocycles. The van der Waals surface area contributed by atoms with E-state index in [-0.39, 0.29) is 17.3 Å². The molecule has 4 N–H and O–H groups in total. The number of benzene rings is 1. The van der Waals surface area contributed by atoms with E-state index in [2.05, 4.69) is 5.32 Å². The lowest BCUT2D eigenvalue weighted by Gasteiger charge is -2.21. The molecule has 0 fully saturated rings. The third-order valence-electron chi connectivity index (χ3n) is 2.28. The molecule has 1 atom stereocenters. The molecular weight excluding hydrogens is 268 g/mol. The number of para-hydroxylation sites is 1. The van der Waals surface area contributed by atoms with Crippen molar-refractivity contribution in [3.05, 3.63) is 28.8 Å². The van der Waals surface area contributed by atoms with Crippen molar-refractivity contribution >= 4 is 17.7 Å². The van der Waals surface area contributed by atoms with Crippen molar-refractivity contribution in [2.75, 3.05) is 6.54 Å². The number of hydrogen-bond acceptors (Lipinski definition) is 4. The Morgan fingerprint density at radius 3 is 2.74 bits per heavy atom. The Morgan fingerprint density at radius 1 is 1.53 bits per heavy atom. The van der Waals surface area contributed by atoms with Gasteiger partial charge in [0.15, 0.2) is 0 Å². The Bertz CT molecular complexity index is 458. The quantitative estimate of drug-likeness (QED) is 0.797. The van der Waals surface area contributed by atoms with Crippen LogP contribution in [0.5, 0.6) is 5.75 Å². The Morgan fingerprint density at radius 2 is 2.16 bits per heavy atom. The first-order chi connectivity index (χ1) is 8.70. The largest absolute Gasteiger partial charge is 0.506 e. The van der Waals surface area contributed by atoms with Crippen molar-refractivity contribution in [3.63, 3.8) is 0 Å². The number of carbonyl (C=O) groups excluding carboxylic acids is 1. The monoisotopic (exact) mass is 286 g/mol. The maximum Gasteiger partial charge on any atom is 0.407 e. The second-order valence-corrected chi connectivity index (χ2v) is 5.57. The number of alkyl carbamates (subject to hydrolysis) is 1. The normalized spacial score (nSPS) is 12.9. The molecule has 5 nitrogen and oxygen atoms in total. The zero-order chi connectivity index (χ0) is 14.6. The molecular formula is C13H19ClN2O3. The first-order valence-electron chi connectivity index (χ1n) is 5.90. The molecule has 0 spiro atoms. The van der Waals surface area contributed by atoms with Gasteiger partial charge in [-0.2, -0.15) is 0 Å². The molecule has 0 heterocycles. The maximum absolute atomic E-state index is 11.5. The SMILES string of the molecule is CC(C)(C)OC(=O)NCC(N)c1cccc(Cl)c1O. The van der Waals surface area contributed by atoms with Gasteiger partial charge >= 0.3 is 6.09 Å². The van der Waals surface area contributed by atoms with Crippen LogP contribution < -0.4 is 11.1 Å². The van der Waals surface area contributed by atoms with E-state index in [4.69, 9.17) is 22.1 Å². The highest BCUT2D eigenvalue weighted by Gasteiger charge is 2.18. The Labute approximate surface area is 117 Å². The standard InChI is InChI=1S/C13H19ClN2O3/c1-13(2,3)19-12(18)16-7-10(15)8-5-4-6-9(14)11(8)17/h4-6,10,17H,7,15H2,1-3H3,(H,16,18). The Balaban J connectivity index is 2.59. The lowest BCUT2D eigenvalue weighted by atomic mass is 10.1. The van der Waals surface area contributed by atoms with Crippen LogP contribution >= 0.6 is 11.6 Å². The highest BCUT2D eigenvalue weighted by atomic mass is 35.5. The number of rotatable bonds is 3. The van der Waals surface area contributed by atoms with Crippen molar-refractivity contribution < 1.29 is 14.6 Å². The van der Waals surface area contributed by atoms with E-state index in [0.29, 0.717) is 5.56 Å². The van der Waals surface area contributed by atoms with Gasteiger partial charge < -0.3 is 20.9 Å². The summed E-state index contributed by atoms with van der Waals surface area (Å²) in [5.41, 5.74) is 5.80. The van der Waals surface area contributed by atoms with Crippen LogP contribution in [0, 0.1) is 0 Å². The topological polar surface area (TPSA) is 84.6 Å². The summed E-state index contributed by atoms with van der Waals surface area (Å²) in [6.07, 6.45) is -0.551. The Kier molecular flexibility index (Phi) is 5.03. The van der Waals surface area contributed by atoms with Gasteiger partial charge in [-0.05, 0) is 26.8 Å². The van der Waals surface area contributed by atoms with Gasteiger partial charge in [0.1, 0.15) is 11.4 Å². The number of amides is 1. The minimum absolute atomic E-state index is 0.0670. The molecule has 0 saturated carbocycles. The number of halogens is 1. The molecule has 1 aromatic rings. The van der Waals surface area contributed by atoms with E-state index in [0.717, 1.165) is 0 Å². The van der Waals surface area contributed by atoms with Gasteiger partial charge in [-0.3, -0.25) is 0 Å². The second kappa shape index (κ2) is 6.12. The van der Waals surface area contributed by atoms with Crippen molar-refractivity contribution in [2.24, 2.45) is 5.73 Å². The first kappa shape index (κ1) is 15.6. The summed E-state index contributed by atoms with van der Waals surface area (Å²) in [4.78, 5) is 11.5. The molecule has 0 radical (unpaired) electrons. The molecule has 106 valence electrons. The molecule has 1 aromatic carbocycles. The second-order valence-electron chi connectivity index (χ2n) is 5.17. The molecule has 6 heteroatoms. The number of nitrogens with two attached hydrogens (primary N) is 1. The lowest BCUT2D eigenvalue weighted by Crippen LogP contribution is -2.36.